The van der Waals surface area contributed by atoms with Gasteiger partial charge in [-0.05, 0) is 42.3 Å². The van der Waals surface area contributed by atoms with Crippen LogP contribution in [-0.4, -0.2) is 33.7 Å². The van der Waals surface area contributed by atoms with Gasteiger partial charge in [0.15, 0.2) is 6.23 Å². The van der Waals surface area contributed by atoms with E-state index in [1.165, 1.54) is 29.3 Å². The molecule has 4 aromatic rings. The predicted octanol–water partition coefficient (Wildman–Crippen LogP) is 4.09. The number of amides is 1. The van der Waals surface area contributed by atoms with E-state index in [2.05, 4.69) is 5.10 Å². The number of ether oxygens (including phenoxy) is 1. The van der Waals surface area contributed by atoms with Crippen molar-refractivity contribution >= 4 is 11.6 Å². The van der Waals surface area contributed by atoms with Crippen LogP contribution in [0, 0.1) is 11.6 Å². The minimum atomic E-state index is -0.718. The van der Waals surface area contributed by atoms with Gasteiger partial charge in [0, 0.05) is 35.6 Å². The molecular formula is C24H20F2N4O3. The Balaban J connectivity index is 1.50. The lowest BCUT2D eigenvalue weighted by Gasteiger charge is -2.23. The van der Waals surface area contributed by atoms with E-state index < -0.39 is 17.9 Å². The highest BCUT2D eigenvalue weighted by Gasteiger charge is 2.36. The van der Waals surface area contributed by atoms with Crippen LogP contribution in [0.15, 0.2) is 71.7 Å². The first kappa shape index (κ1) is 20.9. The number of furan rings is 1. The van der Waals surface area contributed by atoms with Crippen LogP contribution in [0.1, 0.15) is 17.4 Å². The van der Waals surface area contributed by atoms with Gasteiger partial charge >= 0.3 is 0 Å². The van der Waals surface area contributed by atoms with Crippen LogP contribution in [0.3, 0.4) is 0 Å². The van der Waals surface area contributed by atoms with Crippen LogP contribution in [0.4, 0.5) is 14.5 Å². The molecule has 1 unspecified atom stereocenters. The summed E-state index contributed by atoms with van der Waals surface area (Å²) >= 11 is 0. The van der Waals surface area contributed by atoms with Gasteiger partial charge in [-0.2, -0.15) is 5.10 Å². The number of halogens is 2. The molecule has 5 rings (SSSR count). The van der Waals surface area contributed by atoms with Crippen LogP contribution in [0.5, 0.6) is 0 Å². The summed E-state index contributed by atoms with van der Waals surface area (Å²) in [5.41, 5.74) is 9.39. The molecule has 2 aromatic carbocycles. The number of carbonyl (C=O) groups is 1. The maximum Gasteiger partial charge on any atom is 0.250 e. The van der Waals surface area contributed by atoms with Gasteiger partial charge in [-0.25, -0.2) is 13.5 Å². The molecule has 7 nitrogen and oxygen atoms in total. The Morgan fingerprint density at radius 1 is 1.09 bits per heavy atom. The van der Waals surface area contributed by atoms with Crippen molar-refractivity contribution in [2.75, 3.05) is 18.9 Å². The van der Waals surface area contributed by atoms with Gasteiger partial charge in [-0.15, -0.1) is 0 Å². The molecule has 0 bridgehead atoms. The van der Waals surface area contributed by atoms with Crippen LogP contribution < -0.4 is 5.73 Å². The SMILES string of the molecule is Nc1ccc(CCN2C(=O)COC2c2cn(-c3cc(F)cc(F)c3)nc2-c2ccoc2)cc1. The maximum absolute atomic E-state index is 13.8. The van der Waals surface area contributed by atoms with Crippen molar-refractivity contribution in [1.82, 2.24) is 14.7 Å². The van der Waals surface area contributed by atoms with Crippen LogP contribution in [0.2, 0.25) is 0 Å². The number of nitrogens with two attached hydrogens (primary N) is 1. The molecule has 0 saturated carbocycles. The molecule has 3 heterocycles. The van der Waals surface area contributed by atoms with Gasteiger partial charge in [0.05, 0.1) is 18.2 Å². The topological polar surface area (TPSA) is 86.5 Å². The van der Waals surface area contributed by atoms with Crippen molar-refractivity contribution in [3.05, 3.63) is 90.0 Å². The Bertz CT molecular complexity index is 1270. The average molecular weight is 450 g/mol. The molecule has 0 aliphatic carbocycles. The van der Waals surface area contributed by atoms with E-state index in [0.29, 0.717) is 35.5 Å². The largest absolute Gasteiger partial charge is 0.472 e. The molecule has 9 heteroatoms. The summed E-state index contributed by atoms with van der Waals surface area (Å²) in [5.74, 6) is -1.59. The van der Waals surface area contributed by atoms with Crippen molar-refractivity contribution in [2.24, 2.45) is 0 Å². The molecule has 1 saturated heterocycles. The fraction of sp³-hybridized carbons (Fsp3) is 0.167. The summed E-state index contributed by atoms with van der Waals surface area (Å²) in [6.07, 6.45) is 4.53. The highest BCUT2D eigenvalue weighted by atomic mass is 19.1. The molecule has 1 amide bonds. The average Bonchev–Trinajstić information content (AvgIpc) is 3.52. The third kappa shape index (κ3) is 4.22. The van der Waals surface area contributed by atoms with Crippen LogP contribution >= 0.6 is 0 Å². The first-order valence-electron chi connectivity index (χ1n) is 10.3. The van der Waals surface area contributed by atoms with E-state index in [-0.39, 0.29) is 18.2 Å². The van der Waals surface area contributed by atoms with Crippen molar-refractivity contribution in [3.63, 3.8) is 0 Å². The second-order valence-electron chi connectivity index (χ2n) is 7.76. The summed E-state index contributed by atoms with van der Waals surface area (Å²) < 4.78 is 40.0. The van der Waals surface area contributed by atoms with E-state index in [1.54, 1.807) is 17.2 Å². The van der Waals surface area contributed by atoms with Crippen molar-refractivity contribution in [2.45, 2.75) is 12.6 Å². The van der Waals surface area contributed by atoms with E-state index >= 15 is 0 Å². The molecule has 1 aliphatic heterocycles. The Hall–Kier alpha value is -3.98. The quantitative estimate of drug-likeness (QED) is 0.447. The second-order valence-corrected chi connectivity index (χ2v) is 7.76. The summed E-state index contributed by atoms with van der Waals surface area (Å²) in [5, 5.41) is 4.53. The zero-order valence-corrected chi connectivity index (χ0v) is 17.4. The molecule has 33 heavy (non-hydrogen) atoms. The molecule has 1 fully saturated rings. The number of nitrogens with zero attached hydrogens (tertiary/aromatic N) is 3. The molecule has 1 aliphatic rings. The Morgan fingerprint density at radius 3 is 2.55 bits per heavy atom. The van der Waals surface area contributed by atoms with Crippen LogP contribution in [-0.2, 0) is 16.0 Å². The maximum atomic E-state index is 13.8. The number of carbonyl (C=O) groups excluding carboxylic acids is 1. The van der Waals surface area contributed by atoms with Crippen molar-refractivity contribution < 1.29 is 22.7 Å². The van der Waals surface area contributed by atoms with E-state index in [1.807, 2.05) is 24.3 Å². The van der Waals surface area contributed by atoms with Crippen molar-refractivity contribution in [1.29, 1.82) is 0 Å². The smallest absolute Gasteiger partial charge is 0.250 e. The third-order valence-corrected chi connectivity index (χ3v) is 5.50. The summed E-state index contributed by atoms with van der Waals surface area (Å²) in [7, 11) is 0. The summed E-state index contributed by atoms with van der Waals surface area (Å²) in [4.78, 5) is 14.3. The first-order chi connectivity index (χ1) is 16.0. The predicted molar refractivity (Wildman–Crippen MR) is 116 cm³/mol. The molecule has 0 spiro atoms. The lowest BCUT2D eigenvalue weighted by atomic mass is 10.1. The van der Waals surface area contributed by atoms with E-state index in [4.69, 9.17) is 14.9 Å². The molecule has 2 N–H and O–H groups in total. The Morgan fingerprint density at radius 2 is 1.85 bits per heavy atom. The standard InChI is InChI=1S/C24H20F2N4O3/c25-17-9-18(26)11-20(10-17)30-12-21(23(28-30)16-6-8-32-13-16)24-29(22(31)14-33-24)7-5-15-1-3-19(27)4-2-15/h1-4,6,8-13,24H,5,7,14,27H2. The number of nitrogen functional groups attached to an aromatic ring is 1. The lowest BCUT2D eigenvalue weighted by molar-refractivity contribution is -0.128. The molecule has 2 aromatic heterocycles. The zero-order chi connectivity index (χ0) is 22.9. The number of benzene rings is 2. The third-order valence-electron chi connectivity index (χ3n) is 5.50. The van der Waals surface area contributed by atoms with Gasteiger partial charge in [-0.3, -0.25) is 4.79 Å². The number of rotatable bonds is 6. The normalized spacial score (nSPS) is 16.0. The minimum Gasteiger partial charge on any atom is -0.472 e. The zero-order valence-electron chi connectivity index (χ0n) is 17.4. The highest BCUT2D eigenvalue weighted by molar-refractivity contribution is 5.80. The summed E-state index contributed by atoms with van der Waals surface area (Å²) in [6, 6.07) is 12.3. The molecule has 0 radical (unpaired) electrons. The lowest BCUT2D eigenvalue weighted by Crippen LogP contribution is -2.30. The first-order valence-corrected chi connectivity index (χ1v) is 10.3. The summed E-state index contributed by atoms with van der Waals surface area (Å²) in [6.45, 7) is 0.342. The van der Waals surface area contributed by atoms with E-state index in [0.717, 1.165) is 11.6 Å². The van der Waals surface area contributed by atoms with Crippen LogP contribution in [0.25, 0.3) is 16.9 Å². The molecular weight excluding hydrogens is 430 g/mol. The highest BCUT2D eigenvalue weighted by Crippen LogP contribution is 2.35. The fourth-order valence-electron chi connectivity index (χ4n) is 3.88. The van der Waals surface area contributed by atoms with Gasteiger partial charge in [0.1, 0.15) is 23.9 Å². The van der Waals surface area contributed by atoms with Crippen molar-refractivity contribution in [3.8, 4) is 16.9 Å². The number of hydrogen-bond donors (Lipinski definition) is 1. The number of anilines is 1. The van der Waals surface area contributed by atoms with Gasteiger partial charge in [0.2, 0.25) is 0 Å². The monoisotopic (exact) mass is 450 g/mol. The molecule has 1 atom stereocenters. The van der Waals surface area contributed by atoms with Gasteiger partial charge in [0.25, 0.3) is 5.91 Å². The Kier molecular flexibility index (Phi) is 5.39. The van der Waals surface area contributed by atoms with Gasteiger partial charge < -0.3 is 19.8 Å². The fourth-order valence-corrected chi connectivity index (χ4v) is 3.88. The molecule has 168 valence electrons. The Labute approximate surface area is 188 Å². The van der Waals surface area contributed by atoms with E-state index in [9.17, 15) is 13.6 Å². The number of aromatic nitrogens is 2. The number of hydrogen-bond acceptors (Lipinski definition) is 5. The van der Waals surface area contributed by atoms with Gasteiger partial charge in [-0.1, -0.05) is 12.1 Å². The minimum absolute atomic E-state index is 0.0724. The second kappa shape index (κ2) is 8.51.